The molecule has 4 N–H and O–H groups in total. The average Bonchev–Trinajstić information content (AvgIpc) is 2.55. The molecule has 0 bridgehead atoms. The van der Waals surface area contributed by atoms with E-state index in [4.69, 9.17) is 9.05 Å². The molecule has 0 radical (unpaired) electrons. The smallest absolute Gasteiger partial charge is 0.404 e. The Hall–Kier alpha value is -1.66. The molecule has 0 amide bonds. The minimum Gasteiger partial charge on any atom is -0.404 e. The summed E-state index contributed by atoms with van der Waals surface area (Å²) in [4.78, 5) is 38.3. The number of aryl methyl sites for hydroxylation is 2. The maximum absolute atomic E-state index is 11.8. The fourth-order valence-electron chi connectivity index (χ4n) is 3.73. The predicted octanol–water partition coefficient (Wildman–Crippen LogP) is 5.43. The third-order valence-corrected chi connectivity index (χ3v) is 5.88. The highest BCUT2D eigenvalue weighted by Gasteiger charge is 2.30. The summed E-state index contributed by atoms with van der Waals surface area (Å²) in [6, 6.07) is 7.14. The van der Waals surface area contributed by atoms with Crippen LogP contribution in [0.5, 0.6) is 11.5 Å². The van der Waals surface area contributed by atoms with E-state index in [1.165, 1.54) is 0 Å². The molecule has 0 saturated heterocycles. The average molecular weight is 500 g/mol. The molecule has 33 heavy (non-hydrogen) atoms. The molecular formula is C23H34O8P2. The van der Waals surface area contributed by atoms with E-state index in [9.17, 15) is 28.7 Å². The van der Waals surface area contributed by atoms with Gasteiger partial charge >= 0.3 is 15.6 Å². The van der Waals surface area contributed by atoms with Crippen LogP contribution < -0.4 is 9.05 Å². The van der Waals surface area contributed by atoms with Crippen molar-refractivity contribution in [3.05, 3.63) is 57.6 Å². The molecule has 0 atom stereocenters. The van der Waals surface area contributed by atoms with Crippen LogP contribution in [-0.2, 0) is 26.4 Å². The topological polar surface area (TPSA) is 134 Å². The minimum atomic E-state index is -4.88. The van der Waals surface area contributed by atoms with E-state index in [1.54, 1.807) is 12.1 Å². The predicted molar refractivity (Wildman–Crippen MR) is 128 cm³/mol. The summed E-state index contributed by atoms with van der Waals surface area (Å²) in [5, 5.41) is 0. The Kier molecular flexibility index (Phi) is 7.67. The van der Waals surface area contributed by atoms with Crippen molar-refractivity contribution in [2.24, 2.45) is 0 Å². The minimum absolute atomic E-state index is 0.0578. The standard InChI is InChI=1S/C23H34O8P2/c1-14-9-16(20(30-32(24,25)26)18(11-14)22(3,4)5)13-17-10-15(2)12-19(23(6,7)8)21(17)31-33(27,28)29/h9-12H,13H2,1-8H3,(H2,24,25,26)(H2,27,28,29). The number of phosphoric ester groups is 2. The van der Waals surface area contributed by atoms with Crippen molar-refractivity contribution in [1.29, 1.82) is 0 Å². The second-order valence-corrected chi connectivity index (χ2v) is 12.8. The van der Waals surface area contributed by atoms with Crippen LogP contribution in [0, 0.1) is 13.8 Å². The van der Waals surface area contributed by atoms with Crippen LogP contribution in [0.4, 0.5) is 0 Å². The van der Waals surface area contributed by atoms with Gasteiger partial charge in [-0.15, -0.1) is 0 Å². The zero-order valence-corrected chi connectivity index (χ0v) is 22.1. The van der Waals surface area contributed by atoms with Crippen LogP contribution in [0.15, 0.2) is 24.3 Å². The molecule has 2 aromatic rings. The van der Waals surface area contributed by atoms with Crippen LogP contribution in [0.2, 0.25) is 0 Å². The lowest BCUT2D eigenvalue weighted by molar-refractivity contribution is 0.278. The normalized spacial score (nSPS) is 13.2. The van der Waals surface area contributed by atoms with Crippen molar-refractivity contribution in [3.63, 3.8) is 0 Å². The van der Waals surface area contributed by atoms with Gasteiger partial charge in [0.1, 0.15) is 11.5 Å². The lowest BCUT2D eigenvalue weighted by atomic mass is 9.81. The Balaban J connectivity index is 2.84. The van der Waals surface area contributed by atoms with Crippen molar-refractivity contribution in [1.82, 2.24) is 0 Å². The first kappa shape index (κ1) is 27.6. The van der Waals surface area contributed by atoms with Crippen molar-refractivity contribution in [3.8, 4) is 11.5 Å². The van der Waals surface area contributed by atoms with Crippen LogP contribution >= 0.6 is 15.6 Å². The first-order valence-corrected chi connectivity index (χ1v) is 13.5. The van der Waals surface area contributed by atoms with Crippen molar-refractivity contribution in [2.75, 3.05) is 0 Å². The molecule has 0 aliphatic carbocycles. The monoisotopic (exact) mass is 500 g/mol. The summed E-state index contributed by atoms with van der Waals surface area (Å²) in [5.41, 5.74) is 2.92. The molecule has 0 aliphatic rings. The van der Waals surface area contributed by atoms with E-state index < -0.39 is 26.5 Å². The molecule has 0 saturated carbocycles. The molecule has 8 nitrogen and oxygen atoms in total. The highest BCUT2D eigenvalue weighted by Crippen LogP contribution is 2.48. The van der Waals surface area contributed by atoms with E-state index in [-0.39, 0.29) is 17.9 Å². The Morgan fingerprint density at radius 2 is 0.970 bits per heavy atom. The van der Waals surface area contributed by atoms with Gasteiger partial charge in [0, 0.05) is 17.5 Å². The molecule has 0 aromatic heterocycles. The molecule has 184 valence electrons. The van der Waals surface area contributed by atoms with Crippen molar-refractivity contribution >= 4 is 15.6 Å². The van der Waals surface area contributed by atoms with E-state index in [1.807, 2.05) is 67.5 Å². The zero-order valence-electron chi connectivity index (χ0n) is 20.3. The van der Waals surface area contributed by atoms with Gasteiger partial charge in [-0.1, -0.05) is 76.9 Å². The Bertz CT molecular complexity index is 1040. The number of benzene rings is 2. The highest BCUT2D eigenvalue weighted by molar-refractivity contribution is 7.47. The third kappa shape index (κ3) is 7.68. The van der Waals surface area contributed by atoms with Gasteiger partial charge in [0.25, 0.3) is 0 Å². The third-order valence-electron chi connectivity index (χ3n) is 5.04. The molecule has 2 aromatic carbocycles. The van der Waals surface area contributed by atoms with Gasteiger partial charge in [0.2, 0.25) is 0 Å². The second-order valence-electron chi connectivity index (χ2n) is 10.4. The summed E-state index contributed by atoms with van der Waals surface area (Å²) < 4.78 is 33.9. The molecule has 0 heterocycles. The van der Waals surface area contributed by atoms with Gasteiger partial charge in [-0.05, 0) is 35.8 Å². The fourth-order valence-corrected chi connectivity index (χ4v) is 4.64. The molecular weight excluding hydrogens is 466 g/mol. The van der Waals surface area contributed by atoms with Gasteiger partial charge in [-0.2, -0.15) is 0 Å². The number of rotatable bonds is 6. The number of hydrogen-bond donors (Lipinski definition) is 4. The Morgan fingerprint density at radius 3 is 1.21 bits per heavy atom. The number of hydrogen-bond acceptors (Lipinski definition) is 4. The number of phosphoric acid groups is 2. The largest absolute Gasteiger partial charge is 0.524 e. The molecule has 0 unspecified atom stereocenters. The molecule has 0 aliphatic heterocycles. The summed E-state index contributed by atoms with van der Waals surface area (Å²) >= 11 is 0. The first-order chi connectivity index (χ1) is 14.7. The fraction of sp³-hybridized carbons (Fsp3) is 0.478. The quantitative estimate of drug-likeness (QED) is 0.386. The van der Waals surface area contributed by atoms with Gasteiger partial charge in [-0.25, -0.2) is 9.13 Å². The first-order valence-electron chi connectivity index (χ1n) is 10.5. The summed E-state index contributed by atoms with van der Waals surface area (Å²) in [6.07, 6.45) is 0.0835. The van der Waals surface area contributed by atoms with Gasteiger partial charge in [0.05, 0.1) is 0 Å². The van der Waals surface area contributed by atoms with Crippen LogP contribution in [0.3, 0.4) is 0 Å². The van der Waals surface area contributed by atoms with E-state index in [2.05, 4.69) is 0 Å². The van der Waals surface area contributed by atoms with Gasteiger partial charge in [0.15, 0.2) is 0 Å². The molecule has 10 heteroatoms. The lowest BCUT2D eigenvalue weighted by Crippen LogP contribution is -2.16. The molecule has 0 spiro atoms. The van der Waals surface area contributed by atoms with Gasteiger partial charge in [-0.3, -0.25) is 19.6 Å². The zero-order chi connectivity index (χ0) is 25.6. The van der Waals surface area contributed by atoms with Crippen molar-refractivity contribution in [2.45, 2.75) is 72.6 Å². The van der Waals surface area contributed by atoms with Crippen molar-refractivity contribution < 1.29 is 37.8 Å². The summed E-state index contributed by atoms with van der Waals surface area (Å²) in [6.45, 7) is 15.2. The van der Waals surface area contributed by atoms with Gasteiger partial charge < -0.3 is 9.05 Å². The van der Waals surface area contributed by atoms with E-state index >= 15 is 0 Å². The van der Waals surface area contributed by atoms with Crippen LogP contribution in [0.25, 0.3) is 0 Å². The summed E-state index contributed by atoms with van der Waals surface area (Å²) in [5.74, 6) is 0.116. The van der Waals surface area contributed by atoms with Crippen LogP contribution in [-0.4, -0.2) is 19.6 Å². The SMILES string of the molecule is Cc1cc(Cc2cc(C)cc(C(C)(C)C)c2OP(=O)(O)O)c(OP(=O)(O)O)c(C(C)(C)C)c1. The lowest BCUT2D eigenvalue weighted by Gasteiger charge is -2.28. The van der Waals surface area contributed by atoms with E-state index in [0.29, 0.717) is 22.3 Å². The molecule has 0 fully saturated rings. The maximum Gasteiger partial charge on any atom is 0.524 e. The second kappa shape index (κ2) is 9.18. The maximum atomic E-state index is 11.8. The summed E-state index contributed by atoms with van der Waals surface area (Å²) in [7, 11) is -9.76. The molecule has 2 rings (SSSR count). The Morgan fingerprint density at radius 1 is 0.667 bits per heavy atom. The highest BCUT2D eigenvalue weighted by atomic mass is 31.2. The Labute approximate surface area is 195 Å². The van der Waals surface area contributed by atoms with Crippen LogP contribution in [0.1, 0.15) is 74.9 Å². The van der Waals surface area contributed by atoms with E-state index in [0.717, 1.165) is 11.1 Å².